The lowest BCUT2D eigenvalue weighted by molar-refractivity contribution is 0.461. The number of rotatable bonds is 1. The average Bonchev–Trinajstić information content (AvgIpc) is 2.55. The molecule has 1 aliphatic heterocycles. The first-order chi connectivity index (χ1) is 5.31. The molecule has 0 spiro atoms. The van der Waals surface area contributed by atoms with Crippen molar-refractivity contribution in [1.29, 1.82) is 0 Å². The molecule has 11 heavy (non-hydrogen) atoms. The zero-order chi connectivity index (χ0) is 7.73. The van der Waals surface area contributed by atoms with Gasteiger partial charge in [-0.25, -0.2) is 0 Å². The smallest absolute Gasteiger partial charge is 0.195 e. The van der Waals surface area contributed by atoms with Gasteiger partial charge in [-0.3, -0.25) is 0 Å². The molecule has 0 aromatic carbocycles. The van der Waals surface area contributed by atoms with Gasteiger partial charge in [-0.15, -0.1) is 10.2 Å². The Morgan fingerprint density at radius 2 is 2.45 bits per heavy atom. The number of nitrogens with two attached hydrogens (primary N) is 1. The molecule has 0 radical (unpaired) electrons. The van der Waals surface area contributed by atoms with E-state index >= 15 is 0 Å². The van der Waals surface area contributed by atoms with E-state index in [-0.39, 0.29) is 0 Å². The van der Waals surface area contributed by atoms with E-state index < -0.39 is 5.54 Å². The lowest BCUT2D eigenvalue weighted by Gasteiger charge is -2.16. The molecule has 1 aromatic rings. The Hall–Kier alpha value is -1.01. The monoisotopic (exact) mass is 154 g/mol. The molecule has 0 amide bonds. The summed E-state index contributed by atoms with van der Waals surface area (Å²) in [7, 11) is 0. The van der Waals surface area contributed by atoms with E-state index in [1.807, 2.05) is 0 Å². The van der Waals surface area contributed by atoms with Crippen LogP contribution in [0.15, 0.2) is 0 Å². The van der Waals surface area contributed by atoms with Gasteiger partial charge in [0.05, 0.1) is 5.54 Å². The van der Waals surface area contributed by atoms with Gasteiger partial charge in [-0.05, 0) is 13.0 Å². The van der Waals surface area contributed by atoms with Crippen LogP contribution < -0.4 is 11.1 Å². The Morgan fingerprint density at radius 1 is 1.55 bits per heavy atom. The molecule has 0 bridgehead atoms. The second-order valence-electron chi connectivity index (χ2n) is 2.82. The van der Waals surface area contributed by atoms with Gasteiger partial charge in [0.2, 0.25) is 0 Å². The van der Waals surface area contributed by atoms with Gasteiger partial charge in [-0.2, -0.15) is 5.21 Å². The predicted molar refractivity (Wildman–Crippen MR) is 37.5 cm³/mol. The average molecular weight is 154 g/mol. The molecule has 6 heteroatoms. The lowest BCUT2D eigenvalue weighted by atomic mass is 10.00. The molecule has 1 saturated heterocycles. The van der Waals surface area contributed by atoms with E-state index in [1.165, 1.54) is 0 Å². The molecular weight excluding hydrogens is 144 g/mol. The number of tetrazole rings is 1. The third-order valence-corrected chi connectivity index (χ3v) is 1.98. The van der Waals surface area contributed by atoms with Crippen LogP contribution >= 0.6 is 0 Å². The molecule has 60 valence electrons. The minimum Gasteiger partial charge on any atom is -0.318 e. The van der Waals surface area contributed by atoms with Crippen molar-refractivity contribution >= 4 is 0 Å². The van der Waals surface area contributed by atoms with Crippen LogP contribution in [0.5, 0.6) is 0 Å². The minimum absolute atomic E-state index is 0.410. The molecule has 2 rings (SSSR count). The quantitative estimate of drug-likeness (QED) is 0.450. The highest BCUT2D eigenvalue weighted by molar-refractivity contribution is 5.05. The largest absolute Gasteiger partial charge is 0.318 e. The number of hydrogen-bond donors (Lipinski definition) is 3. The summed E-state index contributed by atoms with van der Waals surface area (Å²) >= 11 is 0. The van der Waals surface area contributed by atoms with Crippen LogP contribution in [0.1, 0.15) is 12.2 Å². The number of nitrogens with zero attached hydrogens (tertiary/aromatic N) is 3. The van der Waals surface area contributed by atoms with Crippen LogP contribution in [0.3, 0.4) is 0 Å². The zero-order valence-electron chi connectivity index (χ0n) is 6.04. The first kappa shape index (κ1) is 6.68. The first-order valence-corrected chi connectivity index (χ1v) is 3.55. The van der Waals surface area contributed by atoms with E-state index in [0.717, 1.165) is 19.5 Å². The summed E-state index contributed by atoms with van der Waals surface area (Å²) in [6.07, 6.45) is 0.868. The molecule has 2 heterocycles. The normalized spacial score (nSPS) is 31.0. The summed E-state index contributed by atoms with van der Waals surface area (Å²) in [6.45, 7) is 1.65. The van der Waals surface area contributed by atoms with E-state index in [4.69, 9.17) is 5.73 Å². The zero-order valence-corrected chi connectivity index (χ0v) is 6.04. The van der Waals surface area contributed by atoms with Crippen molar-refractivity contribution in [3.05, 3.63) is 5.82 Å². The number of aromatic amines is 1. The Kier molecular flexibility index (Phi) is 1.36. The van der Waals surface area contributed by atoms with Crippen molar-refractivity contribution in [2.24, 2.45) is 5.73 Å². The molecule has 1 unspecified atom stereocenters. The van der Waals surface area contributed by atoms with Crippen molar-refractivity contribution in [1.82, 2.24) is 25.9 Å². The van der Waals surface area contributed by atoms with E-state index in [0.29, 0.717) is 5.82 Å². The molecule has 1 aliphatic rings. The van der Waals surface area contributed by atoms with Crippen LogP contribution in [0.4, 0.5) is 0 Å². The summed E-state index contributed by atoms with van der Waals surface area (Å²) in [5.74, 6) is 0.600. The Morgan fingerprint density at radius 3 is 3.00 bits per heavy atom. The maximum Gasteiger partial charge on any atom is 0.195 e. The summed E-state index contributed by atoms with van der Waals surface area (Å²) in [4.78, 5) is 0. The van der Waals surface area contributed by atoms with Crippen LogP contribution in [0.2, 0.25) is 0 Å². The van der Waals surface area contributed by atoms with Crippen LogP contribution in [0.25, 0.3) is 0 Å². The highest BCUT2D eigenvalue weighted by Crippen LogP contribution is 2.19. The van der Waals surface area contributed by atoms with Crippen LogP contribution in [-0.2, 0) is 5.54 Å². The van der Waals surface area contributed by atoms with Crippen molar-refractivity contribution in [2.75, 3.05) is 13.1 Å². The maximum absolute atomic E-state index is 5.98. The third kappa shape index (κ3) is 0.997. The maximum atomic E-state index is 5.98. The summed E-state index contributed by atoms with van der Waals surface area (Å²) in [5.41, 5.74) is 5.57. The highest BCUT2D eigenvalue weighted by atomic mass is 15.5. The molecule has 0 saturated carbocycles. The summed E-state index contributed by atoms with van der Waals surface area (Å²) in [5, 5.41) is 16.7. The minimum atomic E-state index is -0.410. The molecule has 1 atom stereocenters. The number of hydrogen-bond acceptors (Lipinski definition) is 5. The van der Waals surface area contributed by atoms with Gasteiger partial charge >= 0.3 is 0 Å². The van der Waals surface area contributed by atoms with E-state index in [1.54, 1.807) is 0 Å². The highest BCUT2D eigenvalue weighted by Gasteiger charge is 2.34. The van der Waals surface area contributed by atoms with Crippen LogP contribution in [0, 0.1) is 0 Å². The Labute approximate surface area is 63.5 Å². The fourth-order valence-corrected chi connectivity index (χ4v) is 1.27. The van der Waals surface area contributed by atoms with E-state index in [9.17, 15) is 0 Å². The molecule has 4 N–H and O–H groups in total. The van der Waals surface area contributed by atoms with Gasteiger partial charge in [0.15, 0.2) is 5.82 Å². The predicted octanol–water partition coefficient (Wildman–Crippen LogP) is -1.65. The van der Waals surface area contributed by atoms with Gasteiger partial charge in [0, 0.05) is 6.54 Å². The second-order valence-corrected chi connectivity index (χ2v) is 2.82. The van der Waals surface area contributed by atoms with Crippen molar-refractivity contribution in [2.45, 2.75) is 12.0 Å². The van der Waals surface area contributed by atoms with Gasteiger partial charge in [0.25, 0.3) is 0 Å². The third-order valence-electron chi connectivity index (χ3n) is 1.98. The molecule has 0 aliphatic carbocycles. The van der Waals surface area contributed by atoms with Crippen molar-refractivity contribution in [3.8, 4) is 0 Å². The van der Waals surface area contributed by atoms with Gasteiger partial charge in [0.1, 0.15) is 0 Å². The molecule has 1 fully saturated rings. The van der Waals surface area contributed by atoms with E-state index in [2.05, 4.69) is 25.9 Å². The molecule has 6 nitrogen and oxygen atoms in total. The number of aromatic nitrogens is 4. The Balaban J connectivity index is 2.27. The number of H-pyrrole nitrogens is 1. The SMILES string of the molecule is NC1(c2nn[nH]n2)CCNC1. The molecular formula is C5H10N6. The fraction of sp³-hybridized carbons (Fsp3) is 0.800. The van der Waals surface area contributed by atoms with Crippen molar-refractivity contribution in [3.63, 3.8) is 0 Å². The second kappa shape index (κ2) is 2.24. The van der Waals surface area contributed by atoms with Gasteiger partial charge in [-0.1, -0.05) is 5.21 Å². The van der Waals surface area contributed by atoms with Crippen LogP contribution in [-0.4, -0.2) is 33.7 Å². The van der Waals surface area contributed by atoms with Crippen molar-refractivity contribution < 1.29 is 0 Å². The summed E-state index contributed by atoms with van der Waals surface area (Å²) < 4.78 is 0. The topological polar surface area (TPSA) is 92.5 Å². The van der Waals surface area contributed by atoms with Gasteiger partial charge < -0.3 is 11.1 Å². The number of nitrogens with one attached hydrogen (secondary N) is 2. The Bertz CT molecular complexity index is 223. The summed E-state index contributed by atoms with van der Waals surface area (Å²) in [6, 6.07) is 0. The lowest BCUT2D eigenvalue weighted by Crippen LogP contribution is -2.39. The standard InChI is InChI=1S/C5H10N6/c6-5(1-2-7-3-5)4-8-10-11-9-4/h7H,1-3,6H2,(H,8,9,10,11). The molecule has 1 aromatic heterocycles. The first-order valence-electron chi connectivity index (χ1n) is 3.55. The fourth-order valence-electron chi connectivity index (χ4n) is 1.27.